The topological polar surface area (TPSA) is 90.4 Å². The summed E-state index contributed by atoms with van der Waals surface area (Å²) in [6, 6.07) is 15.2. The van der Waals surface area contributed by atoms with Crippen LogP contribution >= 0.6 is 11.8 Å². The molecule has 5 rings (SSSR count). The first-order valence-corrected chi connectivity index (χ1v) is 17.4. The van der Waals surface area contributed by atoms with Crippen molar-refractivity contribution in [3.8, 4) is 5.75 Å². The Balaban J connectivity index is 1.61. The number of rotatable bonds is 15. The highest BCUT2D eigenvalue weighted by Crippen LogP contribution is 2.69. The summed E-state index contributed by atoms with van der Waals surface area (Å²) in [5.41, 5.74) is 1.46. The van der Waals surface area contributed by atoms with Gasteiger partial charge in [0.1, 0.15) is 11.8 Å². The molecule has 7 atom stereocenters. The molecule has 1 N–H and O–H groups in total. The summed E-state index contributed by atoms with van der Waals surface area (Å²) >= 11 is 1.65. The molecule has 2 bridgehead atoms. The van der Waals surface area contributed by atoms with Crippen LogP contribution in [0.3, 0.4) is 0 Å². The first-order chi connectivity index (χ1) is 22.3. The van der Waals surface area contributed by atoms with Crippen LogP contribution in [0.2, 0.25) is 0 Å². The minimum Gasteiger partial charge on any atom is -0.494 e. The summed E-state index contributed by atoms with van der Waals surface area (Å²) in [4.78, 5) is 49.6. The molecule has 3 unspecified atom stereocenters. The average Bonchev–Trinajstić information content (AvgIpc) is 3.66. The van der Waals surface area contributed by atoms with Crippen molar-refractivity contribution in [3.05, 3.63) is 85.5 Å². The predicted molar refractivity (Wildman–Crippen MR) is 184 cm³/mol. The van der Waals surface area contributed by atoms with Crippen molar-refractivity contribution in [2.24, 2.45) is 17.8 Å². The maximum absolute atomic E-state index is 15.0. The lowest BCUT2D eigenvalue weighted by atomic mass is 9.65. The minimum absolute atomic E-state index is 0.00431. The number of amides is 3. The number of aliphatic hydroxyl groups is 1. The van der Waals surface area contributed by atoms with Gasteiger partial charge in [0.2, 0.25) is 17.7 Å². The molecule has 0 saturated carbocycles. The van der Waals surface area contributed by atoms with E-state index in [0.29, 0.717) is 31.1 Å². The van der Waals surface area contributed by atoms with E-state index in [-0.39, 0.29) is 42.0 Å². The summed E-state index contributed by atoms with van der Waals surface area (Å²) < 4.78 is 4.81. The van der Waals surface area contributed by atoms with Gasteiger partial charge < -0.3 is 24.5 Å². The normalized spacial score (nSPS) is 26.8. The largest absolute Gasteiger partial charge is 0.494 e. The Morgan fingerprint density at radius 2 is 1.78 bits per heavy atom. The number of hydrogen-bond donors (Lipinski definition) is 1. The van der Waals surface area contributed by atoms with E-state index in [2.05, 4.69) is 27.0 Å². The van der Waals surface area contributed by atoms with E-state index in [9.17, 15) is 19.5 Å². The summed E-state index contributed by atoms with van der Waals surface area (Å²) in [5.74, 6) is -1.13. The average molecular weight is 646 g/mol. The van der Waals surface area contributed by atoms with Crippen LogP contribution in [-0.2, 0) is 14.4 Å². The Labute approximate surface area is 277 Å². The number of carbonyl (C=O) groups is 3. The molecule has 3 heterocycles. The molecule has 8 nitrogen and oxygen atoms in total. The van der Waals surface area contributed by atoms with Crippen molar-refractivity contribution in [1.29, 1.82) is 0 Å². The molecular formula is C37H47N3O5S. The highest BCUT2D eigenvalue weighted by atomic mass is 32.2. The van der Waals surface area contributed by atoms with Crippen LogP contribution in [0.4, 0.5) is 5.69 Å². The second-order valence-electron chi connectivity index (χ2n) is 12.5. The van der Waals surface area contributed by atoms with Crippen LogP contribution in [-0.4, -0.2) is 81.5 Å². The quantitative estimate of drug-likeness (QED) is 0.258. The molecule has 1 spiro atoms. The van der Waals surface area contributed by atoms with Crippen molar-refractivity contribution in [2.45, 2.75) is 62.1 Å². The van der Waals surface area contributed by atoms with Crippen LogP contribution in [0.5, 0.6) is 5.75 Å². The van der Waals surface area contributed by atoms with Gasteiger partial charge in [-0.3, -0.25) is 14.4 Å². The number of likely N-dealkylation sites (tertiary alicyclic amines) is 1. The van der Waals surface area contributed by atoms with Gasteiger partial charge in [-0.05, 0) is 55.5 Å². The first kappa shape index (κ1) is 33.8. The van der Waals surface area contributed by atoms with Crippen molar-refractivity contribution in [1.82, 2.24) is 9.80 Å². The number of nitrogens with zero attached hydrogens (tertiary/aromatic N) is 3. The third kappa shape index (κ3) is 5.77. The molecule has 2 aromatic rings. The van der Waals surface area contributed by atoms with E-state index in [1.54, 1.807) is 38.6 Å². The lowest BCUT2D eigenvalue weighted by molar-refractivity contribution is -0.145. The number of aliphatic hydroxyl groups excluding tert-OH is 1. The summed E-state index contributed by atoms with van der Waals surface area (Å²) in [7, 11) is 0. The number of carbonyl (C=O) groups excluding carboxylic acids is 3. The van der Waals surface area contributed by atoms with Crippen molar-refractivity contribution >= 4 is 35.2 Å². The summed E-state index contributed by atoms with van der Waals surface area (Å²) in [6.07, 6.45) is 5.88. The SMILES string of the molecule is C=CCN(CCCC)C(=O)C1N([C@H](CO)c2ccccc2)C(=O)[C@@H]2[C@@H](C(=O)N(CC=C)c3ccc(OCC)cc3)[C@H]3CC(C)C12S3. The Bertz CT molecular complexity index is 1420. The van der Waals surface area contributed by atoms with Crippen LogP contribution in [0.15, 0.2) is 79.9 Å². The van der Waals surface area contributed by atoms with Gasteiger partial charge in [0.25, 0.3) is 0 Å². The fourth-order valence-electron chi connectivity index (χ4n) is 7.88. The standard InChI is InChI=1S/C37H47N3O5S/c1-6-10-22-38(20-7-2)36(44)33-37-25(5)23-30(46-37)31(32(37)35(43)40(33)29(24-41)26-14-12-11-13-15-26)34(42)39(21-8-3)27-16-18-28(19-17-27)45-9-4/h7-8,11-19,25,29-33,41H,2-3,6,9-10,20-24H2,1,4-5H3/t25?,29-,30-,31+,32+,33?,37?/m1/s1. The van der Waals surface area contributed by atoms with Gasteiger partial charge in [-0.1, -0.05) is 62.8 Å². The molecule has 3 aliphatic heterocycles. The fourth-order valence-corrected chi connectivity index (χ4v) is 10.3. The molecule has 46 heavy (non-hydrogen) atoms. The van der Waals surface area contributed by atoms with Gasteiger partial charge in [-0.2, -0.15) is 0 Å². The predicted octanol–water partition coefficient (Wildman–Crippen LogP) is 5.49. The van der Waals surface area contributed by atoms with E-state index in [0.717, 1.165) is 24.8 Å². The highest BCUT2D eigenvalue weighted by Gasteiger charge is 2.77. The van der Waals surface area contributed by atoms with Crippen molar-refractivity contribution in [3.63, 3.8) is 0 Å². The molecule has 246 valence electrons. The Hall–Kier alpha value is -3.56. The minimum atomic E-state index is -0.833. The number of fused-ring (bicyclic) bond motifs is 1. The van der Waals surface area contributed by atoms with Gasteiger partial charge in [0.05, 0.1) is 35.8 Å². The lowest BCUT2D eigenvalue weighted by Crippen LogP contribution is -2.58. The van der Waals surface area contributed by atoms with Crippen molar-refractivity contribution < 1.29 is 24.2 Å². The maximum Gasteiger partial charge on any atom is 0.247 e. The Kier molecular flexibility index (Phi) is 10.6. The Morgan fingerprint density at radius 3 is 2.39 bits per heavy atom. The van der Waals surface area contributed by atoms with Gasteiger partial charge in [0.15, 0.2) is 0 Å². The van der Waals surface area contributed by atoms with E-state index < -0.39 is 28.7 Å². The molecule has 0 radical (unpaired) electrons. The maximum atomic E-state index is 15.0. The van der Waals surface area contributed by atoms with Gasteiger partial charge in [-0.15, -0.1) is 24.9 Å². The van der Waals surface area contributed by atoms with Gasteiger partial charge in [-0.25, -0.2) is 0 Å². The van der Waals surface area contributed by atoms with E-state index >= 15 is 0 Å². The first-order valence-electron chi connectivity index (χ1n) is 16.5. The van der Waals surface area contributed by atoms with E-state index in [1.807, 2.05) is 61.5 Å². The smallest absolute Gasteiger partial charge is 0.247 e. The molecule has 0 aliphatic carbocycles. The van der Waals surface area contributed by atoms with E-state index in [4.69, 9.17) is 4.74 Å². The number of thioether (sulfide) groups is 1. The number of benzene rings is 2. The second kappa shape index (κ2) is 14.5. The molecule has 3 aliphatic rings. The third-order valence-electron chi connectivity index (χ3n) is 9.88. The molecular weight excluding hydrogens is 598 g/mol. The highest BCUT2D eigenvalue weighted by molar-refractivity contribution is 8.02. The number of unbranched alkanes of at least 4 members (excludes halogenated alkanes) is 1. The molecule has 3 saturated heterocycles. The number of hydrogen-bond acceptors (Lipinski definition) is 6. The second-order valence-corrected chi connectivity index (χ2v) is 14.0. The molecule has 0 aromatic heterocycles. The molecule has 2 aromatic carbocycles. The van der Waals surface area contributed by atoms with Gasteiger partial charge >= 0.3 is 0 Å². The molecule has 9 heteroatoms. The zero-order chi connectivity index (χ0) is 33.0. The molecule has 3 fully saturated rings. The van der Waals surface area contributed by atoms with Crippen LogP contribution < -0.4 is 9.64 Å². The zero-order valence-corrected chi connectivity index (χ0v) is 28.0. The third-order valence-corrected chi connectivity index (χ3v) is 12.0. The van der Waals surface area contributed by atoms with Gasteiger partial charge in [0, 0.05) is 30.6 Å². The fraction of sp³-hybridized carbons (Fsp3) is 0.486. The van der Waals surface area contributed by atoms with Crippen LogP contribution in [0.25, 0.3) is 0 Å². The number of anilines is 1. The summed E-state index contributed by atoms with van der Waals surface area (Å²) in [5, 5.41) is 10.7. The van der Waals surface area contributed by atoms with Crippen LogP contribution in [0.1, 0.15) is 51.6 Å². The summed E-state index contributed by atoms with van der Waals surface area (Å²) in [6.45, 7) is 15.3. The lowest BCUT2D eigenvalue weighted by Gasteiger charge is -2.42. The van der Waals surface area contributed by atoms with E-state index in [1.165, 1.54) is 0 Å². The zero-order valence-electron chi connectivity index (χ0n) is 27.2. The van der Waals surface area contributed by atoms with Crippen LogP contribution in [0, 0.1) is 17.8 Å². The number of ether oxygens (including phenoxy) is 1. The molecule has 3 amide bonds. The monoisotopic (exact) mass is 645 g/mol. The Morgan fingerprint density at radius 1 is 1.09 bits per heavy atom. The van der Waals surface area contributed by atoms with Crippen molar-refractivity contribution in [2.75, 3.05) is 37.7 Å².